The third kappa shape index (κ3) is 2.68. The van der Waals surface area contributed by atoms with Crippen molar-refractivity contribution < 1.29 is 14.6 Å². The molecule has 0 aliphatic heterocycles. The normalized spacial score (nSPS) is 12.6. The molecule has 78 valence electrons. The molecular formula is C10H14FNO2. The summed E-state index contributed by atoms with van der Waals surface area (Å²) in [5.41, 5.74) is 0.417. The Labute approximate surface area is 82.4 Å². The number of likely N-dealkylation sites (N-methyl/N-ethyl adjacent to an activating group) is 1. The lowest BCUT2D eigenvalue weighted by Gasteiger charge is -2.21. The average Bonchev–Trinajstić information content (AvgIpc) is 2.18. The van der Waals surface area contributed by atoms with Crippen molar-refractivity contribution in [3.8, 4) is 0 Å². The van der Waals surface area contributed by atoms with E-state index >= 15 is 0 Å². The summed E-state index contributed by atoms with van der Waals surface area (Å²) in [6.07, 6.45) is -0.848. The molecule has 0 saturated heterocycles. The van der Waals surface area contributed by atoms with Crippen LogP contribution < -0.4 is 4.90 Å². The largest absolute Gasteiger partial charge is 0.394 e. The molecule has 1 unspecified atom stereocenters. The lowest BCUT2D eigenvalue weighted by atomic mass is 10.2. The Morgan fingerprint density at radius 2 is 2.07 bits per heavy atom. The van der Waals surface area contributed by atoms with Gasteiger partial charge in [0.15, 0.2) is 0 Å². The number of hydrogen-bond acceptors (Lipinski definition) is 3. The molecule has 1 atom stereocenters. The van der Waals surface area contributed by atoms with Gasteiger partial charge in [0.1, 0.15) is 5.82 Å². The highest BCUT2D eigenvalue weighted by Gasteiger charge is 2.10. The van der Waals surface area contributed by atoms with Gasteiger partial charge in [-0.05, 0) is 12.1 Å². The number of benzene rings is 1. The quantitative estimate of drug-likeness (QED) is 0.747. The predicted octanol–water partition coefficient (Wildman–Crippen LogP) is 0.615. The number of nitrogens with zero attached hydrogens (tertiary/aromatic N) is 1. The van der Waals surface area contributed by atoms with Crippen LogP contribution in [0.15, 0.2) is 24.3 Å². The summed E-state index contributed by atoms with van der Waals surface area (Å²) < 4.78 is 13.2. The summed E-state index contributed by atoms with van der Waals surface area (Å²) in [5, 5.41) is 17.8. The van der Waals surface area contributed by atoms with E-state index in [1.807, 2.05) is 0 Å². The summed E-state index contributed by atoms with van der Waals surface area (Å²) in [5.74, 6) is -0.333. The molecule has 0 heterocycles. The van der Waals surface area contributed by atoms with Gasteiger partial charge in [-0.2, -0.15) is 0 Å². The Bertz CT molecular complexity index is 293. The molecule has 0 aromatic heterocycles. The molecule has 2 N–H and O–H groups in total. The van der Waals surface area contributed by atoms with Crippen molar-refractivity contribution in [3.05, 3.63) is 30.1 Å². The molecule has 0 spiro atoms. The van der Waals surface area contributed by atoms with Gasteiger partial charge in [0.2, 0.25) is 0 Å². The second kappa shape index (κ2) is 4.93. The van der Waals surface area contributed by atoms with E-state index in [0.29, 0.717) is 5.69 Å². The maximum Gasteiger partial charge on any atom is 0.146 e. The fourth-order valence-electron chi connectivity index (χ4n) is 1.23. The first-order valence-corrected chi connectivity index (χ1v) is 4.39. The second-order valence-corrected chi connectivity index (χ2v) is 3.17. The fourth-order valence-corrected chi connectivity index (χ4v) is 1.23. The molecule has 1 rings (SSSR count). The second-order valence-electron chi connectivity index (χ2n) is 3.17. The first kappa shape index (κ1) is 10.9. The molecule has 0 bridgehead atoms. The van der Waals surface area contributed by atoms with Gasteiger partial charge in [-0.15, -0.1) is 0 Å². The Kier molecular flexibility index (Phi) is 3.85. The Balaban J connectivity index is 2.69. The number of aliphatic hydroxyl groups is 2. The number of aliphatic hydroxyl groups excluding tert-OH is 2. The maximum absolute atomic E-state index is 13.2. The Morgan fingerprint density at radius 1 is 1.43 bits per heavy atom. The van der Waals surface area contributed by atoms with Gasteiger partial charge >= 0.3 is 0 Å². The highest BCUT2D eigenvalue weighted by Crippen LogP contribution is 2.16. The Morgan fingerprint density at radius 3 is 2.64 bits per heavy atom. The molecule has 0 amide bonds. The molecule has 1 aromatic rings. The van der Waals surface area contributed by atoms with Crippen LogP contribution in [0.25, 0.3) is 0 Å². The smallest absolute Gasteiger partial charge is 0.146 e. The van der Waals surface area contributed by atoms with Crippen molar-refractivity contribution in [2.45, 2.75) is 6.10 Å². The van der Waals surface area contributed by atoms with Crippen LogP contribution in [0.3, 0.4) is 0 Å². The maximum atomic E-state index is 13.2. The van der Waals surface area contributed by atoms with Crippen LogP contribution in [-0.4, -0.2) is 36.5 Å². The van der Waals surface area contributed by atoms with Gasteiger partial charge in [0.25, 0.3) is 0 Å². The van der Waals surface area contributed by atoms with Gasteiger partial charge in [0, 0.05) is 13.6 Å². The van der Waals surface area contributed by atoms with Gasteiger partial charge in [-0.1, -0.05) is 12.1 Å². The van der Waals surface area contributed by atoms with Crippen molar-refractivity contribution in [1.29, 1.82) is 0 Å². The molecule has 0 aliphatic carbocycles. The van der Waals surface area contributed by atoms with E-state index in [1.54, 1.807) is 30.1 Å². The minimum absolute atomic E-state index is 0.206. The minimum atomic E-state index is -0.848. The molecule has 0 aliphatic rings. The van der Waals surface area contributed by atoms with Crippen LogP contribution in [0.1, 0.15) is 0 Å². The molecule has 0 radical (unpaired) electrons. The van der Waals surface area contributed by atoms with E-state index in [9.17, 15) is 4.39 Å². The van der Waals surface area contributed by atoms with Crippen molar-refractivity contribution >= 4 is 5.69 Å². The summed E-state index contributed by atoms with van der Waals surface area (Å²) in [6.45, 7) is -0.115. The number of hydrogen-bond donors (Lipinski definition) is 2. The highest BCUT2D eigenvalue weighted by molar-refractivity contribution is 5.46. The van der Waals surface area contributed by atoms with Crippen molar-refractivity contribution in [1.82, 2.24) is 0 Å². The third-order valence-electron chi connectivity index (χ3n) is 1.96. The molecule has 14 heavy (non-hydrogen) atoms. The third-order valence-corrected chi connectivity index (χ3v) is 1.96. The van der Waals surface area contributed by atoms with E-state index in [-0.39, 0.29) is 19.0 Å². The van der Waals surface area contributed by atoms with Crippen molar-refractivity contribution in [2.24, 2.45) is 0 Å². The molecule has 1 aromatic carbocycles. The van der Waals surface area contributed by atoms with E-state index in [4.69, 9.17) is 10.2 Å². The van der Waals surface area contributed by atoms with E-state index in [2.05, 4.69) is 0 Å². The van der Waals surface area contributed by atoms with Crippen LogP contribution in [0, 0.1) is 5.82 Å². The van der Waals surface area contributed by atoms with Gasteiger partial charge < -0.3 is 15.1 Å². The number of para-hydroxylation sites is 1. The van der Waals surface area contributed by atoms with Gasteiger partial charge in [0.05, 0.1) is 18.4 Å². The van der Waals surface area contributed by atoms with Crippen molar-refractivity contribution in [3.63, 3.8) is 0 Å². The zero-order chi connectivity index (χ0) is 10.6. The molecule has 0 fully saturated rings. The topological polar surface area (TPSA) is 43.7 Å². The highest BCUT2D eigenvalue weighted by atomic mass is 19.1. The van der Waals surface area contributed by atoms with Gasteiger partial charge in [-0.25, -0.2) is 4.39 Å². The lowest BCUT2D eigenvalue weighted by molar-refractivity contribution is 0.101. The molecule has 3 nitrogen and oxygen atoms in total. The first-order chi connectivity index (χ1) is 6.65. The van der Waals surface area contributed by atoms with E-state index in [0.717, 1.165) is 0 Å². The van der Waals surface area contributed by atoms with E-state index < -0.39 is 6.10 Å². The number of rotatable bonds is 4. The first-order valence-electron chi connectivity index (χ1n) is 4.39. The lowest BCUT2D eigenvalue weighted by Crippen LogP contribution is -2.31. The number of anilines is 1. The average molecular weight is 199 g/mol. The molecular weight excluding hydrogens is 185 g/mol. The van der Waals surface area contributed by atoms with Crippen LogP contribution in [0.4, 0.5) is 10.1 Å². The van der Waals surface area contributed by atoms with Gasteiger partial charge in [-0.3, -0.25) is 0 Å². The molecule has 0 saturated carbocycles. The number of halogens is 1. The SMILES string of the molecule is CN(CC(O)CO)c1ccccc1F. The monoisotopic (exact) mass is 199 g/mol. The summed E-state index contributed by atoms with van der Waals surface area (Å²) >= 11 is 0. The summed E-state index contributed by atoms with van der Waals surface area (Å²) in [7, 11) is 1.66. The standard InChI is InChI=1S/C10H14FNO2/c1-12(6-8(14)7-13)10-5-3-2-4-9(10)11/h2-5,8,13-14H,6-7H2,1H3. The zero-order valence-electron chi connectivity index (χ0n) is 8.02. The van der Waals surface area contributed by atoms with Crippen LogP contribution >= 0.6 is 0 Å². The van der Waals surface area contributed by atoms with Crippen LogP contribution in [0.5, 0.6) is 0 Å². The van der Waals surface area contributed by atoms with Crippen LogP contribution in [0.2, 0.25) is 0 Å². The fraction of sp³-hybridized carbons (Fsp3) is 0.400. The minimum Gasteiger partial charge on any atom is -0.394 e. The predicted molar refractivity (Wildman–Crippen MR) is 52.8 cm³/mol. The van der Waals surface area contributed by atoms with Crippen LogP contribution in [-0.2, 0) is 0 Å². The van der Waals surface area contributed by atoms with E-state index in [1.165, 1.54) is 6.07 Å². The molecule has 4 heteroatoms. The van der Waals surface area contributed by atoms with Crippen molar-refractivity contribution in [2.75, 3.05) is 25.1 Å². The zero-order valence-corrected chi connectivity index (χ0v) is 8.02. The summed E-state index contributed by atoms with van der Waals surface area (Å²) in [4.78, 5) is 1.57. The Hall–Kier alpha value is -1.13. The summed E-state index contributed by atoms with van der Waals surface area (Å²) in [6, 6.07) is 6.31.